The highest BCUT2D eigenvalue weighted by Gasteiger charge is 2.53. The Morgan fingerprint density at radius 2 is 2.00 bits per heavy atom. The van der Waals surface area contributed by atoms with Crippen LogP contribution < -0.4 is 0 Å². The fraction of sp³-hybridized carbons (Fsp3) is 0.462. The number of likely N-dealkylation sites (tertiary alicyclic amines) is 1. The van der Waals surface area contributed by atoms with Crippen molar-refractivity contribution >= 4 is 11.9 Å². The van der Waals surface area contributed by atoms with Gasteiger partial charge in [-0.3, -0.25) is 14.6 Å². The Kier molecular flexibility index (Phi) is 3.89. The van der Waals surface area contributed by atoms with E-state index in [4.69, 9.17) is 5.11 Å². The molecule has 1 N–H and O–H groups in total. The van der Waals surface area contributed by atoms with Crippen LogP contribution in [0.15, 0.2) is 18.5 Å². The molecule has 1 aliphatic heterocycles. The van der Waals surface area contributed by atoms with Gasteiger partial charge in [-0.2, -0.15) is 13.2 Å². The Labute approximate surface area is 118 Å². The predicted molar refractivity (Wildman–Crippen MR) is 65.5 cm³/mol. The first-order valence-electron chi connectivity index (χ1n) is 6.20. The van der Waals surface area contributed by atoms with E-state index in [-0.39, 0.29) is 5.56 Å². The number of hydrogen-bond acceptors (Lipinski definition) is 3. The number of hydrogen-bond donors (Lipinski definition) is 1. The minimum atomic E-state index is -4.65. The number of alkyl halides is 3. The topological polar surface area (TPSA) is 70.5 Å². The van der Waals surface area contributed by atoms with E-state index < -0.39 is 43.0 Å². The molecule has 0 unspecified atom stereocenters. The number of amides is 1. The summed E-state index contributed by atoms with van der Waals surface area (Å²) in [6, 6.07) is 1.51. The number of carboxylic acid groups (broad SMARTS) is 1. The number of carboxylic acids is 1. The summed E-state index contributed by atoms with van der Waals surface area (Å²) in [5.74, 6) is -5.86. The van der Waals surface area contributed by atoms with E-state index in [9.17, 15) is 22.8 Å². The van der Waals surface area contributed by atoms with Gasteiger partial charge in [-0.15, -0.1) is 0 Å². The van der Waals surface area contributed by atoms with E-state index >= 15 is 0 Å². The molecule has 114 valence electrons. The van der Waals surface area contributed by atoms with Crippen LogP contribution in [-0.2, 0) is 4.79 Å². The third-order valence-electron chi connectivity index (χ3n) is 3.47. The number of pyridine rings is 1. The number of nitrogens with zero attached hydrogens (tertiary/aromatic N) is 2. The summed E-state index contributed by atoms with van der Waals surface area (Å²) in [6.45, 7) is 0.603. The van der Waals surface area contributed by atoms with E-state index in [0.29, 0.717) is 5.56 Å². The smallest absolute Gasteiger partial charge is 0.394 e. The Morgan fingerprint density at radius 1 is 1.33 bits per heavy atom. The van der Waals surface area contributed by atoms with Crippen molar-refractivity contribution in [2.24, 2.45) is 11.8 Å². The van der Waals surface area contributed by atoms with E-state index in [2.05, 4.69) is 4.98 Å². The fourth-order valence-corrected chi connectivity index (χ4v) is 2.41. The molecule has 1 fully saturated rings. The highest BCUT2D eigenvalue weighted by Crippen LogP contribution is 2.38. The summed E-state index contributed by atoms with van der Waals surface area (Å²) in [5.41, 5.74) is 0.851. The van der Waals surface area contributed by atoms with Crippen molar-refractivity contribution in [2.45, 2.75) is 13.1 Å². The Bertz CT molecular complexity index is 574. The van der Waals surface area contributed by atoms with Crippen molar-refractivity contribution in [3.63, 3.8) is 0 Å². The van der Waals surface area contributed by atoms with E-state index in [1.807, 2.05) is 0 Å². The van der Waals surface area contributed by atoms with Crippen LogP contribution in [0.2, 0.25) is 0 Å². The summed E-state index contributed by atoms with van der Waals surface area (Å²) >= 11 is 0. The Hall–Kier alpha value is -2.12. The number of carbonyl (C=O) groups is 2. The molecule has 0 saturated carbocycles. The van der Waals surface area contributed by atoms with Gasteiger partial charge in [0, 0.05) is 25.5 Å². The third kappa shape index (κ3) is 3.14. The second kappa shape index (κ2) is 5.34. The largest absolute Gasteiger partial charge is 0.481 e. The number of rotatable bonds is 2. The van der Waals surface area contributed by atoms with E-state index in [1.165, 1.54) is 18.5 Å². The molecule has 0 spiro atoms. The van der Waals surface area contributed by atoms with Gasteiger partial charge >= 0.3 is 12.1 Å². The van der Waals surface area contributed by atoms with Gasteiger partial charge in [0.05, 0.1) is 17.4 Å². The fourth-order valence-electron chi connectivity index (χ4n) is 2.41. The van der Waals surface area contributed by atoms with Crippen molar-refractivity contribution in [1.29, 1.82) is 0 Å². The van der Waals surface area contributed by atoms with Crippen LogP contribution >= 0.6 is 0 Å². The molecular weight excluding hydrogens is 289 g/mol. The van der Waals surface area contributed by atoms with Crippen molar-refractivity contribution in [2.75, 3.05) is 13.1 Å². The zero-order chi connectivity index (χ0) is 15.8. The SMILES string of the molecule is Cc1cncc(C(=O)N2C[C@@H](C(F)(F)F)[C@H](C(=O)O)C2)c1. The van der Waals surface area contributed by atoms with Crippen molar-refractivity contribution in [1.82, 2.24) is 9.88 Å². The predicted octanol–water partition coefficient (Wildman–Crippen LogP) is 1.73. The van der Waals surface area contributed by atoms with Gasteiger partial charge in [-0.05, 0) is 18.6 Å². The van der Waals surface area contributed by atoms with E-state index in [0.717, 1.165) is 4.90 Å². The second-order valence-corrected chi connectivity index (χ2v) is 5.05. The molecule has 2 rings (SSSR count). The molecular formula is C13H13F3N2O3. The summed E-state index contributed by atoms with van der Waals surface area (Å²) in [5, 5.41) is 8.91. The van der Waals surface area contributed by atoms with Gasteiger partial charge in [0.25, 0.3) is 5.91 Å². The Balaban J connectivity index is 2.23. The highest BCUT2D eigenvalue weighted by atomic mass is 19.4. The van der Waals surface area contributed by atoms with Gasteiger partial charge in [0.1, 0.15) is 0 Å². The lowest BCUT2D eigenvalue weighted by molar-refractivity contribution is -0.187. The maximum atomic E-state index is 12.9. The van der Waals surface area contributed by atoms with Gasteiger partial charge in [-0.1, -0.05) is 0 Å². The monoisotopic (exact) mass is 302 g/mol. The summed E-state index contributed by atoms with van der Waals surface area (Å²) in [4.78, 5) is 27.9. The van der Waals surface area contributed by atoms with Crippen LogP contribution in [0, 0.1) is 18.8 Å². The van der Waals surface area contributed by atoms with Crippen LogP contribution in [0.3, 0.4) is 0 Å². The average molecular weight is 302 g/mol. The zero-order valence-corrected chi connectivity index (χ0v) is 11.1. The lowest BCUT2D eigenvalue weighted by Gasteiger charge is -2.18. The average Bonchev–Trinajstić information content (AvgIpc) is 2.83. The molecule has 1 amide bonds. The number of aryl methyl sites for hydroxylation is 1. The lowest BCUT2D eigenvalue weighted by Crippen LogP contribution is -2.34. The van der Waals surface area contributed by atoms with E-state index in [1.54, 1.807) is 6.92 Å². The minimum absolute atomic E-state index is 0.155. The normalized spacial score (nSPS) is 22.4. The molecule has 5 nitrogen and oxygen atoms in total. The standard InChI is InChI=1S/C13H13F3N2O3/c1-7-2-8(4-17-3-7)11(19)18-5-9(12(20)21)10(6-18)13(14,15)16/h2-4,9-10H,5-6H2,1H3,(H,20,21)/t9-,10-/m1/s1. The Morgan fingerprint density at radius 3 is 2.48 bits per heavy atom. The van der Waals surface area contributed by atoms with Gasteiger partial charge in [-0.25, -0.2) is 0 Å². The first-order chi connectivity index (χ1) is 9.70. The molecule has 1 aromatic rings. The zero-order valence-electron chi connectivity index (χ0n) is 11.1. The molecule has 21 heavy (non-hydrogen) atoms. The van der Waals surface area contributed by atoms with Crippen molar-refractivity contribution in [3.05, 3.63) is 29.6 Å². The molecule has 0 bridgehead atoms. The third-order valence-corrected chi connectivity index (χ3v) is 3.47. The second-order valence-electron chi connectivity index (χ2n) is 5.05. The summed E-state index contributed by atoms with van der Waals surface area (Å²) in [6.07, 6.45) is -1.88. The maximum absolute atomic E-state index is 12.9. The summed E-state index contributed by atoms with van der Waals surface area (Å²) < 4.78 is 38.6. The van der Waals surface area contributed by atoms with Crippen LogP contribution in [0.4, 0.5) is 13.2 Å². The first-order valence-corrected chi connectivity index (χ1v) is 6.20. The lowest BCUT2D eigenvalue weighted by atomic mass is 9.96. The number of halogens is 3. The molecule has 2 heterocycles. The highest BCUT2D eigenvalue weighted by molar-refractivity contribution is 5.94. The summed E-state index contributed by atoms with van der Waals surface area (Å²) in [7, 11) is 0. The van der Waals surface area contributed by atoms with Crippen LogP contribution in [-0.4, -0.2) is 46.1 Å². The van der Waals surface area contributed by atoms with Gasteiger partial charge in [0.2, 0.25) is 0 Å². The molecule has 2 atom stereocenters. The molecule has 8 heteroatoms. The van der Waals surface area contributed by atoms with Crippen LogP contribution in [0.25, 0.3) is 0 Å². The van der Waals surface area contributed by atoms with Crippen LogP contribution in [0.5, 0.6) is 0 Å². The van der Waals surface area contributed by atoms with Crippen LogP contribution in [0.1, 0.15) is 15.9 Å². The molecule has 1 aromatic heterocycles. The first kappa shape index (κ1) is 15.3. The van der Waals surface area contributed by atoms with Gasteiger partial charge in [0.15, 0.2) is 0 Å². The van der Waals surface area contributed by atoms with Gasteiger partial charge < -0.3 is 10.0 Å². The maximum Gasteiger partial charge on any atom is 0.394 e. The minimum Gasteiger partial charge on any atom is -0.481 e. The molecule has 0 aliphatic carbocycles. The number of aromatic nitrogens is 1. The molecule has 1 saturated heterocycles. The van der Waals surface area contributed by atoms with Crippen molar-refractivity contribution < 1.29 is 27.9 Å². The molecule has 0 radical (unpaired) electrons. The quantitative estimate of drug-likeness (QED) is 0.903. The number of carbonyl (C=O) groups excluding carboxylic acids is 1. The molecule has 0 aromatic carbocycles. The molecule has 1 aliphatic rings. The number of aliphatic carboxylic acids is 1. The van der Waals surface area contributed by atoms with Crippen molar-refractivity contribution in [3.8, 4) is 0 Å².